The molecular weight excluding hydrogens is 487 g/mol. The molecule has 2 aromatic carbocycles. The molecule has 2 aromatic rings. The van der Waals surface area contributed by atoms with Crippen LogP contribution in [0.2, 0.25) is 10.0 Å². The smallest absolute Gasteiger partial charge is 0.305 e. The zero-order valence-corrected chi connectivity index (χ0v) is 20.5. The molecule has 178 valence electrons. The van der Waals surface area contributed by atoms with Crippen molar-refractivity contribution in [2.24, 2.45) is 0 Å². The molecule has 0 saturated carbocycles. The fraction of sp³-hybridized carbons (Fsp3) is 0.391. The number of amides is 1. The van der Waals surface area contributed by atoms with E-state index in [0.29, 0.717) is 35.0 Å². The summed E-state index contributed by atoms with van der Waals surface area (Å²) in [6.07, 6.45) is 2.58. The van der Waals surface area contributed by atoms with Crippen molar-refractivity contribution in [1.29, 1.82) is 0 Å². The van der Waals surface area contributed by atoms with Gasteiger partial charge in [-0.05, 0) is 67.1 Å². The third-order valence-electron chi connectivity index (χ3n) is 5.56. The van der Waals surface area contributed by atoms with E-state index in [0.717, 1.165) is 18.4 Å². The van der Waals surface area contributed by atoms with Crippen LogP contribution in [0.3, 0.4) is 0 Å². The van der Waals surface area contributed by atoms with Crippen molar-refractivity contribution >= 4 is 45.1 Å². The van der Waals surface area contributed by atoms with Gasteiger partial charge in [0.25, 0.3) is 0 Å². The SMILES string of the molecule is COC(=O)CCc1ccc(CN(C2CCCCNC2=O)S(=O)(=O)c2ccc(Cl)cc2)c(Cl)c1. The lowest BCUT2D eigenvalue weighted by Gasteiger charge is -2.29. The Morgan fingerprint density at radius 2 is 1.88 bits per heavy atom. The van der Waals surface area contributed by atoms with Gasteiger partial charge >= 0.3 is 5.97 Å². The Hall–Kier alpha value is -2.13. The minimum atomic E-state index is -4.02. The van der Waals surface area contributed by atoms with E-state index in [1.165, 1.54) is 35.7 Å². The molecule has 1 aliphatic rings. The predicted octanol–water partition coefficient (Wildman–Crippen LogP) is 3.96. The minimum absolute atomic E-state index is 0.0507. The first kappa shape index (κ1) is 25.5. The minimum Gasteiger partial charge on any atom is -0.469 e. The van der Waals surface area contributed by atoms with Gasteiger partial charge in [-0.25, -0.2) is 8.42 Å². The molecule has 1 amide bonds. The number of nitrogens with one attached hydrogen (secondary N) is 1. The molecule has 33 heavy (non-hydrogen) atoms. The molecule has 0 aliphatic carbocycles. The lowest BCUT2D eigenvalue weighted by molar-refractivity contribution is -0.140. The monoisotopic (exact) mass is 512 g/mol. The van der Waals surface area contributed by atoms with Crippen LogP contribution in [-0.2, 0) is 37.3 Å². The molecule has 3 rings (SSSR count). The van der Waals surface area contributed by atoms with Gasteiger partial charge in [-0.1, -0.05) is 35.3 Å². The first-order valence-corrected chi connectivity index (χ1v) is 12.8. The van der Waals surface area contributed by atoms with Gasteiger partial charge in [-0.2, -0.15) is 4.31 Å². The van der Waals surface area contributed by atoms with Gasteiger partial charge in [0.15, 0.2) is 0 Å². The zero-order chi connectivity index (χ0) is 24.0. The maximum atomic E-state index is 13.6. The molecule has 7 nitrogen and oxygen atoms in total. The normalized spacial score (nSPS) is 16.8. The van der Waals surface area contributed by atoms with Gasteiger partial charge in [0.05, 0.1) is 12.0 Å². The quantitative estimate of drug-likeness (QED) is 0.540. The number of carbonyl (C=O) groups excluding carboxylic acids is 2. The average molecular weight is 513 g/mol. The lowest BCUT2D eigenvalue weighted by atomic mass is 10.1. The van der Waals surface area contributed by atoms with E-state index in [1.807, 2.05) is 0 Å². The number of ether oxygens (including phenoxy) is 1. The Bertz CT molecular complexity index is 1110. The Labute approximate surface area is 204 Å². The Balaban J connectivity index is 1.94. The van der Waals surface area contributed by atoms with E-state index < -0.39 is 16.1 Å². The first-order chi connectivity index (χ1) is 15.7. The summed E-state index contributed by atoms with van der Waals surface area (Å²) in [6.45, 7) is 0.443. The molecule has 0 bridgehead atoms. The topological polar surface area (TPSA) is 92.8 Å². The Morgan fingerprint density at radius 1 is 1.15 bits per heavy atom. The Morgan fingerprint density at radius 3 is 2.55 bits per heavy atom. The highest BCUT2D eigenvalue weighted by atomic mass is 35.5. The molecule has 0 radical (unpaired) electrons. The standard InChI is InChI=1S/C23H26Cl2N2O5S/c1-32-22(28)12-6-16-5-7-17(20(25)14-16)15-27(21-4-2-3-13-26-23(21)29)33(30,31)19-10-8-18(24)9-11-19/h5,7-11,14,21H,2-4,6,12-13,15H2,1H3,(H,26,29). The summed E-state index contributed by atoms with van der Waals surface area (Å²) in [5.74, 6) is -0.648. The summed E-state index contributed by atoms with van der Waals surface area (Å²) in [7, 11) is -2.69. The van der Waals surface area contributed by atoms with E-state index in [1.54, 1.807) is 18.2 Å². The molecule has 1 fully saturated rings. The van der Waals surface area contributed by atoms with E-state index in [2.05, 4.69) is 10.1 Å². The average Bonchev–Trinajstić information content (AvgIpc) is 3.01. The van der Waals surface area contributed by atoms with Crippen LogP contribution in [0.1, 0.15) is 36.8 Å². The number of hydrogen-bond acceptors (Lipinski definition) is 5. The molecule has 1 atom stereocenters. The summed E-state index contributed by atoms with van der Waals surface area (Å²) in [5, 5.41) is 3.59. The van der Waals surface area contributed by atoms with E-state index in [4.69, 9.17) is 23.2 Å². The van der Waals surface area contributed by atoms with E-state index in [-0.39, 0.29) is 29.7 Å². The maximum Gasteiger partial charge on any atom is 0.305 e. The highest BCUT2D eigenvalue weighted by Gasteiger charge is 2.36. The van der Waals surface area contributed by atoms with Gasteiger partial charge < -0.3 is 10.1 Å². The molecular formula is C23H26Cl2N2O5S. The highest BCUT2D eigenvalue weighted by molar-refractivity contribution is 7.89. The van der Waals surface area contributed by atoms with Crippen molar-refractivity contribution in [3.8, 4) is 0 Å². The van der Waals surface area contributed by atoms with Crippen LogP contribution < -0.4 is 5.32 Å². The third kappa shape index (κ3) is 6.47. The number of methoxy groups -OCH3 is 1. The molecule has 1 aliphatic heterocycles. The fourth-order valence-corrected chi connectivity index (χ4v) is 5.68. The molecule has 1 N–H and O–H groups in total. The van der Waals surface area contributed by atoms with Crippen molar-refractivity contribution in [3.05, 3.63) is 63.6 Å². The second kappa shape index (κ2) is 11.3. The van der Waals surface area contributed by atoms with Crippen molar-refractivity contribution in [2.45, 2.75) is 49.6 Å². The van der Waals surface area contributed by atoms with E-state index >= 15 is 0 Å². The summed E-state index contributed by atoms with van der Waals surface area (Å²) in [4.78, 5) is 24.2. The summed E-state index contributed by atoms with van der Waals surface area (Å²) < 4.78 is 33.1. The number of nitrogens with zero attached hydrogens (tertiary/aromatic N) is 1. The largest absolute Gasteiger partial charge is 0.469 e. The molecule has 0 aromatic heterocycles. The second-order valence-corrected chi connectivity index (χ2v) is 10.5. The number of hydrogen-bond donors (Lipinski definition) is 1. The Kier molecular flexibility index (Phi) is 8.75. The van der Waals surface area contributed by atoms with Gasteiger partial charge in [-0.15, -0.1) is 0 Å². The lowest BCUT2D eigenvalue weighted by Crippen LogP contribution is -2.48. The van der Waals surface area contributed by atoms with Crippen molar-refractivity contribution in [1.82, 2.24) is 9.62 Å². The number of rotatable bonds is 8. The van der Waals surface area contributed by atoms with Crippen LogP contribution in [0, 0.1) is 0 Å². The summed E-state index contributed by atoms with van der Waals surface area (Å²) in [6, 6.07) is 10.2. The zero-order valence-electron chi connectivity index (χ0n) is 18.2. The number of aryl methyl sites for hydroxylation is 1. The molecule has 1 saturated heterocycles. The van der Waals surface area contributed by atoms with Crippen LogP contribution in [0.4, 0.5) is 0 Å². The van der Waals surface area contributed by atoms with Crippen molar-refractivity contribution in [2.75, 3.05) is 13.7 Å². The van der Waals surface area contributed by atoms with Crippen LogP contribution in [0.15, 0.2) is 47.4 Å². The van der Waals surface area contributed by atoms with Crippen LogP contribution in [-0.4, -0.2) is 44.3 Å². The first-order valence-electron chi connectivity index (χ1n) is 10.6. The summed E-state index contributed by atoms with van der Waals surface area (Å²) in [5.41, 5.74) is 1.39. The second-order valence-electron chi connectivity index (χ2n) is 7.81. The molecule has 1 unspecified atom stereocenters. The third-order valence-corrected chi connectivity index (χ3v) is 8.04. The van der Waals surface area contributed by atoms with Gasteiger partial charge in [0.2, 0.25) is 15.9 Å². The molecule has 10 heteroatoms. The van der Waals surface area contributed by atoms with Gasteiger partial charge in [-0.3, -0.25) is 9.59 Å². The van der Waals surface area contributed by atoms with E-state index in [9.17, 15) is 18.0 Å². The van der Waals surface area contributed by atoms with Gasteiger partial charge in [0, 0.05) is 29.6 Å². The number of benzene rings is 2. The maximum absolute atomic E-state index is 13.6. The molecule has 0 spiro atoms. The predicted molar refractivity (Wildman–Crippen MR) is 127 cm³/mol. The number of carbonyl (C=O) groups is 2. The van der Waals surface area contributed by atoms with Crippen LogP contribution in [0.5, 0.6) is 0 Å². The highest BCUT2D eigenvalue weighted by Crippen LogP contribution is 2.28. The fourth-order valence-electron chi connectivity index (χ4n) is 3.69. The molecule has 1 heterocycles. The van der Waals surface area contributed by atoms with Gasteiger partial charge in [0.1, 0.15) is 6.04 Å². The number of halogens is 2. The van der Waals surface area contributed by atoms with Crippen LogP contribution >= 0.6 is 23.2 Å². The van der Waals surface area contributed by atoms with Crippen LogP contribution in [0.25, 0.3) is 0 Å². The number of sulfonamides is 1. The van der Waals surface area contributed by atoms with Crippen molar-refractivity contribution < 1.29 is 22.7 Å². The van der Waals surface area contributed by atoms with Crippen molar-refractivity contribution in [3.63, 3.8) is 0 Å². The number of esters is 1. The summed E-state index contributed by atoms with van der Waals surface area (Å²) >= 11 is 12.4.